The number of nitrogens with zero attached hydrogens (tertiary/aromatic N) is 2. The zero-order chi connectivity index (χ0) is 32.3. The van der Waals surface area contributed by atoms with Gasteiger partial charge in [-0.25, -0.2) is 4.79 Å². The molecule has 2 heterocycles. The number of carbonyl (C=O) groups is 2. The maximum Gasteiger partial charge on any atom is 0.325 e. The van der Waals surface area contributed by atoms with Crippen molar-refractivity contribution in [2.75, 3.05) is 13.2 Å². The summed E-state index contributed by atoms with van der Waals surface area (Å²) in [5, 5.41) is 4.00. The van der Waals surface area contributed by atoms with Crippen molar-refractivity contribution in [1.82, 2.24) is 15.2 Å². The average Bonchev–Trinajstić information content (AvgIpc) is 3.27. The molecule has 1 aliphatic heterocycles. The van der Waals surface area contributed by atoms with E-state index >= 15 is 0 Å². The largest absolute Gasteiger partial charge is 0.494 e. The van der Waals surface area contributed by atoms with Crippen molar-refractivity contribution >= 4 is 22.8 Å². The molecule has 1 unspecified atom stereocenters. The monoisotopic (exact) mass is 613 g/mol. The number of para-hydroxylation sites is 1. The van der Waals surface area contributed by atoms with Crippen molar-refractivity contribution in [2.24, 2.45) is 0 Å². The molecule has 0 radical (unpaired) electrons. The van der Waals surface area contributed by atoms with Crippen LogP contribution in [0.3, 0.4) is 0 Å². The number of nitrogens with one attached hydrogen (secondary N) is 1. The predicted octanol–water partition coefficient (Wildman–Crippen LogP) is 7.82. The summed E-state index contributed by atoms with van der Waals surface area (Å²) < 4.78 is 11.8. The summed E-state index contributed by atoms with van der Waals surface area (Å²) in [5.41, 5.74) is 6.40. The van der Waals surface area contributed by atoms with Crippen molar-refractivity contribution in [1.29, 1.82) is 0 Å². The van der Waals surface area contributed by atoms with Crippen molar-refractivity contribution < 1.29 is 19.1 Å². The van der Waals surface area contributed by atoms with Crippen LogP contribution in [0.2, 0.25) is 0 Å². The van der Waals surface area contributed by atoms with Crippen molar-refractivity contribution in [3.8, 4) is 22.6 Å². The van der Waals surface area contributed by atoms with Gasteiger partial charge in [0.05, 0.1) is 18.2 Å². The summed E-state index contributed by atoms with van der Waals surface area (Å²) in [6.07, 6.45) is 3.34. The Balaban J connectivity index is 1.11. The summed E-state index contributed by atoms with van der Waals surface area (Å²) in [5.74, 6) is 1.18. The van der Waals surface area contributed by atoms with Gasteiger partial charge in [-0.3, -0.25) is 14.7 Å². The lowest BCUT2D eigenvalue weighted by Crippen LogP contribution is -2.41. The molecule has 7 nitrogen and oxygen atoms in total. The van der Waals surface area contributed by atoms with Gasteiger partial charge in [-0.05, 0) is 98.2 Å². The second-order valence-electron chi connectivity index (χ2n) is 12.2. The number of hydrogen-bond donors (Lipinski definition) is 1. The van der Waals surface area contributed by atoms with Crippen molar-refractivity contribution in [3.05, 3.63) is 126 Å². The Morgan fingerprint density at radius 1 is 0.870 bits per heavy atom. The Bertz CT molecular complexity index is 1850. The minimum Gasteiger partial charge on any atom is -0.494 e. The van der Waals surface area contributed by atoms with E-state index in [0.717, 1.165) is 39.9 Å². The third-order valence-electron chi connectivity index (χ3n) is 8.43. The number of amides is 3. The fourth-order valence-electron chi connectivity index (χ4n) is 6.07. The highest BCUT2D eigenvalue weighted by Crippen LogP contribution is 2.35. The van der Waals surface area contributed by atoms with E-state index in [9.17, 15) is 9.59 Å². The molecule has 7 heteroatoms. The third-order valence-corrected chi connectivity index (χ3v) is 8.43. The minimum absolute atomic E-state index is 0.0498. The molecule has 3 amide bonds. The summed E-state index contributed by atoms with van der Waals surface area (Å²) in [6, 6.07) is 31.8. The minimum atomic E-state index is -1.13. The lowest BCUT2D eigenvalue weighted by atomic mass is 9.92. The number of benzene rings is 4. The van der Waals surface area contributed by atoms with Gasteiger partial charge in [-0.2, -0.15) is 0 Å². The van der Waals surface area contributed by atoms with E-state index < -0.39 is 11.6 Å². The predicted molar refractivity (Wildman–Crippen MR) is 181 cm³/mol. The van der Waals surface area contributed by atoms with E-state index in [2.05, 4.69) is 66.8 Å². The standard InChI is InChI=1S/C39H39N3O4/c1-26(2)46-33-20-16-31(17-21-33)39(4)37(43)42(38(44)41-39)22-9-23-45-32-18-14-29(15-19-32)35-30(24-28-11-6-5-7-12-28)25-40-36-27(3)10-8-13-34(35)36/h5-8,10-21,25-26H,9,22-24H2,1-4H3,(H,41,44). The van der Waals surface area contributed by atoms with Crippen LogP contribution in [0.15, 0.2) is 103 Å². The molecule has 1 aromatic heterocycles. The van der Waals surface area contributed by atoms with Crippen LogP contribution in [0.4, 0.5) is 4.79 Å². The third kappa shape index (κ3) is 6.31. The van der Waals surface area contributed by atoms with Gasteiger partial charge in [-0.15, -0.1) is 0 Å². The summed E-state index contributed by atoms with van der Waals surface area (Å²) in [4.78, 5) is 32.3. The molecule has 0 saturated carbocycles. The molecule has 0 aliphatic carbocycles. The highest BCUT2D eigenvalue weighted by atomic mass is 16.5. The van der Waals surface area contributed by atoms with Gasteiger partial charge in [0, 0.05) is 18.1 Å². The first-order valence-corrected chi connectivity index (χ1v) is 15.8. The number of pyridine rings is 1. The van der Waals surface area contributed by atoms with Crippen LogP contribution in [-0.2, 0) is 16.8 Å². The number of ether oxygens (including phenoxy) is 2. The maximum absolute atomic E-state index is 13.4. The Morgan fingerprint density at radius 3 is 2.30 bits per heavy atom. The number of urea groups is 1. The smallest absolute Gasteiger partial charge is 0.325 e. The molecule has 4 aromatic carbocycles. The SMILES string of the molecule is Cc1cccc2c(-c3ccc(OCCCN4C(=O)NC(C)(c5ccc(OC(C)C)cc5)C4=O)cc3)c(Cc3ccccc3)cnc12. The molecule has 234 valence electrons. The number of aryl methyl sites for hydroxylation is 1. The number of hydrogen-bond acceptors (Lipinski definition) is 5. The first-order chi connectivity index (χ1) is 22.2. The molecule has 0 spiro atoms. The summed E-state index contributed by atoms with van der Waals surface area (Å²) in [7, 11) is 0. The van der Waals surface area contributed by atoms with Crippen LogP contribution in [0.1, 0.15) is 49.4 Å². The van der Waals surface area contributed by atoms with Gasteiger partial charge in [0.15, 0.2) is 0 Å². The van der Waals surface area contributed by atoms with E-state index in [1.807, 2.05) is 62.5 Å². The number of carbonyl (C=O) groups excluding carboxylic acids is 2. The van der Waals surface area contributed by atoms with Crippen LogP contribution < -0.4 is 14.8 Å². The quantitative estimate of drug-likeness (QED) is 0.121. The topological polar surface area (TPSA) is 80.8 Å². The van der Waals surface area contributed by atoms with Crippen LogP contribution in [0.5, 0.6) is 11.5 Å². The number of rotatable bonds is 11. The number of aromatic nitrogens is 1. The Morgan fingerprint density at radius 2 is 1.59 bits per heavy atom. The van der Waals surface area contributed by atoms with Gasteiger partial charge >= 0.3 is 6.03 Å². The van der Waals surface area contributed by atoms with Gasteiger partial charge in [-0.1, -0.05) is 72.8 Å². The fourth-order valence-corrected chi connectivity index (χ4v) is 6.07. The molecular weight excluding hydrogens is 574 g/mol. The second kappa shape index (κ2) is 13.1. The van der Waals surface area contributed by atoms with Gasteiger partial charge < -0.3 is 14.8 Å². The van der Waals surface area contributed by atoms with Crippen LogP contribution in [-0.4, -0.2) is 41.1 Å². The van der Waals surface area contributed by atoms with Crippen molar-refractivity contribution in [2.45, 2.75) is 52.2 Å². The van der Waals surface area contributed by atoms with E-state index in [0.29, 0.717) is 18.6 Å². The molecular formula is C39H39N3O4. The Labute approximate surface area is 270 Å². The molecule has 1 saturated heterocycles. The van der Waals surface area contributed by atoms with Gasteiger partial charge in [0.1, 0.15) is 17.0 Å². The second-order valence-corrected chi connectivity index (χ2v) is 12.2. The Kier molecular flexibility index (Phi) is 8.75. The zero-order valence-electron chi connectivity index (χ0n) is 26.7. The van der Waals surface area contributed by atoms with Crippen molar-refractivity contribution in [3.63, 3.8) is 0 Å². The normalized spacial score (nSPS) is 16.2. The average molecular weight is 614 g/mol. The van der Waals surface area contributed by atoms with Crippen LogP contribution in [0, 0.1) is 6.92 Å². The zero-order valence-corrected chi connectivity index (χ0v) is 26.7. The Hall–Kier alpha value is -5.17. The molecule has 6 rings (SSSR count). The van der Waals surface area contributed by atoms with E-state index in [4.69, 9.17) is 14.5 Å². The first kappa shape index (κ1) is 30.8. The maximum atomic E-state index is 13.4. The number of fused-ring (bicyclic) bond motifs is 1. The molecule has 1 fully saturated rings. The van der Waals surface area contributed by atoms with E-state index in [1.54, 1.807) is 6.92 Å². The van der Waals surface area contributed by atoms with Crippen LogP contribution in [0.25, 0.3) is 22.0 Å². The van der Waals surface area contributed by atoms with Gasteiger partial charge in [0.2, 0.25) is 0 Å². The first-order valence-electron chi connectivity index (χ1n) is 15.8. The molecule has 1 atom stereocenters. The van der Waals surface area contributed by atoms with Gasteiger partial charge in [0.25, 0.3) is 5.91 Å². The lowest BCUT2D eigenvalue weighted by Gasteiger charge is -2.22. The van der Waals surface area contributed by atoms with E-state index in [1.165, 1.54) is 21.6 Å². The molecule has 46 heavy (non-hydrogen) atoms. The highest BCUT2D eigenvalue weighted by Gasteiger charge is 2.48. The summed E-state index contributed by atoms with van der Waals surface area (Å²) >= 11 is 0. The lowest BCUT2D eigenvalue weighted by molar-refractivity contribution is -0.131. The van der Waals surface area contributed by atoms with Crippen LogP contribution >= 0.6 is 0 Å². The fraction of sp³-hybridized carbons (Fsp3) is 0.256. The molecule has 1 aliphatic rings. The molecule has 1 N–H and O–H groups in total. The molecule has 5 aromatic rings. The number of imide groups is 1. The summed E-state index contributed by atoms with van der Waals surface area (Å²) in [6.45, 7) is 8.37. The highest BCUT2D eigenvalue weighted by molar-refractivity contribution is 6.07. The van der Waals surface area contributed by atoms with E-state index in [-0.39, 0.29) is 18.6 Å². The molecule has 0 bridgehead atoms.